The summed E-state index contributed by atoms with van der Waals surface area (Å²) in [5, 5.41) is 0. The number of rotatable bonds is 5. The SMILES string of the molecule is CCCOC1CCCN(C(C)C(C)N)C1. The van der Waals surface area contributed by atoms with E-state index in [9.17, 15) is 0 Å². The number of nitrogens with zero attached hydrogens (tertiary/aromatic N) is 1. The summed E-state index contributed by atoms with van der Waals surface area (Å²) in [6.45, 7) is 9.59. The van der Waals surface area contributed by atoms with Crippen molar-refractivity contribution in [2.75, 3.05) is 19.7 Å². The van der Waals surface area contributed by atoms with Gasteiger partial charge in [-0.25, -0.2) is 0 Å². The molecule has 1 heterocycles. The molecule has 0 aromatic rings. The average Bonchev–Trinajstić information content (AvgIpc) is 2.25. The van der Waals surface area contributed by atoms with Crippen LogP contribution in [0.5, 0.6) is 0 Å². The third kappa shape index (κ3) is 4.09. The van der Waals surface area contributed by atoms with E-state index in [1.165, 1.54) is 19.4 Å². The Morgan fingerprint density at radius 3 is 2.80 bits per heavy atom. The Hall–Kier alpha value is -0.120. The number of hydrogen-bond donors (Lipinski definition) is 1. The molecule has 2 N–H and O–H groups in total. The number of likely N-dealkylation sites (tertiary alicyclic amines) is 1. The standard InChI is InChI=1S/C12H26N2O/c1-4-8-15-12-6-5-7-14(9-12)11(3)10(2)13/h10-12H,4-9,13H2,1-3H3. The molecule has 0 aliphatic carbocycles. The van der Waals surface area contributed by atoms with Crippen molar-refractivity contribution in [3.05, 3.63) is 0 Å². The molecule has 1 aliphatic heterocycles. The molecule has 0 aromatic heterocycles. The van der Waals surface area contributed by atoms with Crippen LogP contribution in [-0.4, -0.2) is 42.8 Å². The minimum absolute atomic E-state index is 0.245. The van der Waals surface area contributed by atoms with Crippen LogP contribution in [0.15, 0.2) is 0 Å². The smallest absolute Gasteiger partial charge is 0.0702 e. The van der Waals surface area contributed by atoms with Crippen LogP contribution < -0.4 is 5.73 Å². The third-order valence-corrected chi connectivity index (χ3v) is 3.30. The molecule has 3 atom stereocenters. The molecule has 3 heteroatoms. The van der Waals surface area contributed by atoms with Crippen LogP contribution in [-0.2, 0) is 4.74 Å². The zero-order chi connectivity index (χ0) is 11.3. The summed E-state index contributed by atoms with van der Waals surface area (Å²) in [6, 6.07) is 0.716. The Bertz CT molecular complexity index is 173. The molecule has 3 nitrogen and oxygen atoms in total. The van der Waals surface area contributed by atoms with Crippen molar-refractivity contribution in [2.24, 2.45) is 5.73 Å². The fourth-order valence-electron chi connectivity index (χ4n) is 2.09. The third-order valence-electron chi connectivity index (χ3n) is 3.30. The summed E-state index contributed by atoms with van der Waals surface area (Å²) in [5.41, 5.74) is 5.93. The fraction of sp³-hybridized carbons (Fsp3) is 1.00. The van der Waals surface area contributed by atoms with E-state index in [1.54, 1.807) is 0 Å². The van der Waals surface area contributed by atoms with Gasteiger partial charge in [-0.1, -0.05) is 6.92 Å². The first-order valence-corrected chi connectivity index (χ1v) is 6.26. The molecule has 0 aromatic carbocycles. The van der Waals surface area contributed by atoms with Gasteiger partial charge in [0.15, 0.2) is 0 Å². The molecule has 1 fully saturated rings. The zero-order valence-corrected chi connectivity index (χ0v) is 10.4. The summed E-state index contributed by atoms with van der Waals surface area (Å²) in [7, 11) is 0. The van der Waals surface area contributed by atoms with E-state index in [4.69, 9.17) is 10.5 Å². The predicted octanol–water partition coefficient (Wildman–Crippen LogP) is 1.61. The van der Waals surface area contributed by atoms with Crippen molar-refractivity contribution < 1.29 is 4.74 Å². The summed E-state index contributed by atoms with van der Waals surface area (Å²) >= 11 is 0. The van der Waals surface area contributed by atoms with Crippen molar-refractivity contribution in [3.63, 3.8) is 0 Å². The molecule has 0 bridgehead atoms. The van der Waals surface area contributed by atoms with E-state index in [1.807, 2.05) is 0 Å². The first-order chi connectivity index (χ1) is 7.15. The molecule has 1 saturated heterocycles. The summed E-state index contributed by atoms with van der Waals surface area (Å²) < 4.78 is 5.81. The van der Waals surface area contributed by atoms with Gasteiger partial charge in [0.2, 0.25) is 0 Å². The van der Waals surface area contributed by atoms with Gasteiger partial charge in [-0.05, 0) is 39.7 Å². The monoisotopic (exact) mass is 214 g/mol. The number of piperidine rings is 1. The Morgan fingerprint density at radius 2 is 2.20 bits per heavy atom. The van der Waals surface area contributed by atoms with Gasteiger partial charge in [-0.3, -0.25) is 4.90 Å². The highest BCUT2D eigenvalue weighted by molar-refractivity contribution is 4.81. The van der Waals surface area contributed by atoms with Crippen LogP contribution in [0.1, 0.15) is 40.0 Å². The van der Waals surface area contributed by atoms with E-state index in [0.717, 1.165) is 19.6 Å². The molecule has 0 saturated carbocycles. The molecule has 15 heavy (non-hydrogen) atoms. The Kier molecular flexibility index (Phi) is 5.58. The number of ether oxygens (including phenoxy) is 1. The largest absolute Gasteiger partial charge is 0.377 e. The van der Waals surface area contributed by atoms with E-state index >= 15 is 0 Å². The quantitative estimate of drug-likeness (QED) is 0.755. The van der Waals surface area contributed by atoms with Crippen molar-refractivity contribution in [1.82, 2.24) is 4.90 Å². The van der Waals surface area contributed by atoms with Crippen LogP contribution in [0.4, 0.5) is 0 Å². The molecule has 3 unspecified atom stereocenters. The highest BCUT2D eigenvalue weighted by atomic mass is 16.5. The Morgan fingerprint density at radius 1 is 1.47 bits per heavy atom. The lowest BCUT2D eigenvalue weighted by Crippen LogP contribution is -2.50. The van der Waals surface area contributed by atoms with Crippen LogP contribution in [0.2, 0.25) is 0 Å². The fourth-order valence-corrected chi connectivity index (χ4v) is 2.09. The van der Waals surface area contributed by atoms with Crippen molar-refractivity contribution in [3.8, 4) is 0 Å². The van der Waals surface area contributed by atoms with E-state index < -0.39 is 0 Å². The van der Waals surface area contributed by atoms with Gasteiger partial charge in [0, 0.05) is 25.2 Å². The number of nitrogens with two attached hydrogens (primary N) is 1. The Labute approximate surface area is 94.0 Å². The normalized spacial score (nSPS) is 27.6. The van der Waals surface area contributed by atoms with Gasteiger partial charge < -0.3 is 10.5 Å². The van der Waals surface area contributed by atoms with Gasteiger partial charge in [0.05, 0.1) is 6.10 Å². The molecule has 1 aliphatic rings. The van der Waals surface area contributed by atoms with Crippen molar-refractivity contribution >= 4 is 0 Å². The minimum atomic E-state index is 0.245. The van der Waals surface area contributed by atoms with Gasteiger partial charge in [0.25, 0.3) is 0 Å². The van der Waals surface area contributed by atoms with Gasteiger partial charge in [0.1, 0.15) is 0 Å². The summed E-state index contributed by atoms with van der Waals surface area (Å²) in [5.74, 6) is 0. The molecular formula is C12H26N2O. The topological polar surface area (TPSA) is 38.5 Å². The second-order valence-electron chi connectivity index (χ2n) is 4.73. The highest BCUT2D eigenvalue weighted by Gasteiger charge is 2.25. The molecule has 0 radical (unpaired) electrons. The van der Waals surface area contributed by atoms with Crippen LogP contribution in [0.25, 0.3) is 0 Å². The average molecular weight is 214 g/mol. The Balaban J connectivity index is 2.34. The first kappa shape index (κ1) is 12.9. The lowest BCUT2D eigenvalue weighted by Gasteiger charge is -2.38. The summed E-state index contributed by atoms with van der Waals surface area (Å²) in [4.78, 5) is 2.47. The summed E-state index contributed by atoms with van der Waals surface area (Å²) in [6.07, 6.45) is 3.99. The van der Waals surface area contributed by atoms with Gasteiger partial charge in [-0.2, -0.15) is 0 Å². The van der Waals surface area contributed by atoms with E-state index in [0.29, 0.717) is 12.1 Å². The second-order valence-corrected chi connectivity index (χ2v) is 4.73. The predicted molar refractivity (Wildman–Crippen MR) is 63.9 cm³/mol. The highest BCUT2D eigenvalue weighted by Crippen LogP contribution is 2.16. The van der Waals surface area contributed by atoms with Gasteiger partial charge in [-0.15, -0.1) is 0 Å². The molecule has 0 amide bonds. The van der Waals surface area contributed by atoms with Crippen LogP contribution in [0.3, 0.4) is 0 Å². The minimum Gasteiger partial charge on any atom is -0.377 e. The maximum atomic E-state index is 5.93. The van der Waals surface area contributed by atoms with E-state index in [-0.39, 0.29) is 6.04 Å². The van der Waals surface area contributed by atoms with Gasteiger partial charge >= 0.3 is 0 Å². The molecule has 1 rings (SSSR count). The molecule has 90 valence electrons. The maximum absolute atomic E-state index is 5.93. The maximum Gasteiger partial charge on any atom is 0.0702 e. The van der Waals surface area contributed by atoms with E-state index in [2.05, 4.69) is 25.7 Å². The van der Waals surface area contributed by atoms with Crippen LogP contribution >= 0.6 is 0 Å². The second kappa shape index (κ2) is 6.46. The lowest BCUT2D eigenvalue weighted by atomic mass is 10.0. The lowest BCUT2D eigenvalue weighted by molar-refractivity contribution is -0.0126. The van der Waals surface area contributed by atoms with Crippen molar-refractivity contribution in [1.29, 1.82) is 0 Å². The molecule has 0 spiro atoms. The number of hydrogen-bond acceptors (Lipinski definition) is 3. The zero-order valence-electron chi connectivity index (χ0n) is 10.4. The molecular weight excluding hydrogens is 188 g/mol. The first-order valence-electron chi connectivity index (χ1n) is 6.26. The van der Waals surface area contributed by atoms with Crippen LogP contribution in [0, 0.1) is 0 Å². The van der Waals surface area contributed by atoms with Crippen molar-refractivity contribution in [2.45, 2.75) is 58.2 Å².